The number of aromatic nitrogens is 4. The number of nitrogens with zero attached hydrogens (tertiary/aromatic N) is 2. The lowest BCUT2D eigenvalue weighted by Gasteiger charge is -2.16. The number of hydrogen-bond donors (Lipinski definition) is 5. The third-order valence-electron chi connectivity index (χ3n) is 4.86. The van der Waals surface area contributed by atoms with Crippen molar-refractivity contribution in [3.63, 3.8) is 0 Å². The maximum atomic E-state index is 12.8. The molecule has 15 nitrogen and oxygen atoms in total. The number of aromatic amines is 2. The SMILES string of the molecule is COCCOCCN[C@@H](Cc1cnc[nH]1)C(=O)Oc1ncc(C[C@H](NC(=O)COCCOC)C(=O)O)[nH]1. The number of rotatable bonds is 20. The molecule has 0 saturated carbocycles. The van der Waals surface area contributed by atoms with Crippen LogP contribution in [0.15, 0.2) is 18.7 Å². The normalized spacial score (nSPS) is 12.7. The zero-order valence-corrected chi connectivity index (χ0v) is 20.9. The van der Waals surface area contributed by atoms with Gasteiger partial charge in [-0.25, -0.2) is 19.6 Å². The van der Waals surface area contributed by atoms with E-state index in [2.05, 4.69) is 30.6 Å². The Balaban J connectivity index is 1.90. The highest BCUT2D eigenvalue weighted by molar-refractivity contribution is 5.84. The number of imidazole rings is 2. The van der Waals surface area contributed by atoms with Gasteiger partial charge in [0.2, 0.25) is 5.91 Å². The van der Waals surface area contributed by atoms with Crippen molar-refractivity contribution in [3.05, 3.63) is 30.1 Å². The number of hydrogen-bond acceptors (Lipinski definition) is 11. The summed E-state index contributed by atoms with van der Waals surface area (Å²) in [6.45, 7) is 1.86. The Morgan fingerprint density at radius 3 is 2.38 bits per heavy atom. The van der Waals surface area contributed by atoms with Crippen molar-refractivity contribution in [1.82, 2.24) is 30.6 Å². The van der Waals surface area contributed by atoms with Crippen molar-refractivity contribution in [2.24, 2.45) is 0 Å². The minimum Gasteiger partial charge on any atom is -0.480 e. The summed E-state index contributed by atoms with van der Waals surface area (Å²) in [4.78, 5) is 50.0. The average Bonchev–Trinajstić information content (AvgIpc) is 3.55. The van der Waals surface area contributed by atoms with E-state index in [0.29, 0.717) is 38.7 Å². The maximum absolute atomic E-state index is 12.8. The zero-order chi connectivity index (χ0) is 26.9. The molecule has 0 spiro atoms. The molecule has 37 heavy (non-hydrogen) atoms. The van der Waals surface area contributed by atoms with Crippen LogP contribution in [-0.2, 0) is 46.2 Å². The number of H-pyrrole nitrogens is 2. The highest BCUT2D eigenvalue weighted by atomic mass is 16.6. The quantitative estimate of drug-likeness (QED) is 0.101. The predicted molar refractivity (Wildman–Crippen MR) is 127 cm³/mol. The minimum absolute atomic E-state index is 0.105. The fraction of sp³-hybridized carbons (Fsp3) is 0.591. The van der Waals surface area contributed by atoms with E-state index in [4.69, 9.17) is 23.7 Å². The molecule has 0 unspecified atom stereocenters. The van der Waals surface area contributed by atoms with Gasteiger partial charge < -0.3 is 49.4 Å². The summed E-state index contributed by atoms with van der Waals surface area (Å²) in [6.07, 6.45) is 4.61. The molecule has 0 aromatic carbocycles. The highest BCUT2D eigenvalue weighted by Crippen LogP contribution is 2.10. The molecule has 2 aromatic rings. The summed E-state index contributed by atoms with van der Waals surface area (Å²) in [7, 11) is 3.08. The van der Waals surface area contributed by atoms with Gasteiger partial charge in [0.1, 0.15) is 18.7 Å². The summed E-state index contributed by atoms with van der Waals surface area (Å²) >= 11 is 0. The summed E-state index contributed by atoms with van der Waals surface area (Å²) < 4.78 is 25.6. The second-order valence-corrected chi connectivity index (χ2v) is 7.74. The van der Waals surface area contributed by atoms with Gasteiger partial charge in [-0.3, -0.25) is 4.79 Å². The number of carbonyl (C=O) groups excluding carboxylic acids is 2. The molecule has 15 heteroatoms. The van der Waals surface area contributed by atoms with Crippen LogP contribution in [0.4, 0.5) is 0 Å². The molecular formula is C22H34N6O9. The van der Waals surface area contributed by atoms with E-state index in [1.807, 2.05) is 0 Å². The number of aliphatic carboxylic acids is 1. The van der Waals surface area contributed by atoms with Crippen molar-refractivity contribution in [3.8, 4) is 6.01 Å². The van der Waals surface area contributed by atoms with E-state index in [1.165, 1.54) is 19.6 Å². The molecule has 0 radical (unpaired) electrons. The minimum atomic E-state index is -1.24. The Labute approximate surface area is 213 Å². The number of amides is 1. The van der Waals surface area contributed by atoms with E-state index in [9.17, 15) is 19.5 Å². The molecule has 0 aliphatic rings. The van der Waals surface area contributed by atoms with Crippen molar-refractivity contribution >= 4 is 17.8 Å². The second kappa shape index (κ2) is 17.1. The Bertz CT molecular complexity index is 937. The number of carboxylic acid groups (broad SMARTS) is 1. The van der Waals surface area contributed by atoms with Crippen LogP contribution < -0.4 is 15.4 Å². The largest absolute Gasteiger partial charge is 0.480 e. The second-order valence-electron chi connectivity index (χ2n) is 7.74. The average molecular weight is 527 g/mol. The van der Waals surface area contributed by atoms with Gasteiger partial charge in [-0.2, -0.15) is 0 Å². The number of carbonyl (C=O) groups is 3. The molecule has 2 atom stereocenters. The van der Waals surface area contributed by atoms with Gasteiger partial charge in [0.25, 0.3) is 0 Å². The summed E-state index contributed by atoms with van der Waals surface area (Å²) in [6, 6.07) is -2.08. The summed E-state index contributed by atoms with van der Waals surface area (Å²) in [5.74, 6) is -2.44. The first kappa shape index (κ1) is 29.9. The Morgan fingerprint density at radius 1 is 0.973 bits per heavy atom. The summed E-state index contributed by atoms with van der Waals surface area (Å²) in [5.41, 5.74) is 1.07. The molecule has 5 N–H and O–H groups in total. The molecule has 2 aromatic heterocycles. The van der Waals surface area contributed by atoms with Gasteiger partial charge in [-0.15, -0.1) is 0 Å². The number of methoxy groups -OCH3 is 2. The molecule has 2 rings (SSSR count). The molecule has 0 aliphatic heterocycles. The van der Waals surface area contributed by atoms with Crippen molar-refractivity contribution in [2.45, 2.75) is 24.9 Å². The Kier molecular flexibility index (Phi) is 13.8. The zero-order valence-electron chi connectivity index (χ0n) is 20.9. The van der Waals surface area contributed by atoms with Gasteiger partial charge in [0.15, 0.2) is 0 Å². The fourth-order valence-corrected chi connectivity index (χ4v) is 3.03. The van der Waals surface area contributed by atoms with Gasteiger partial charge in [-0.05, 0) is 0 Å². The predicted octanol–water partition coefficient (Wildman–Crippen LogP) is -1.32. The third-order valence-corrected chi connectivity index (χ3v) is 4.86. The number of nitrogens with one attached hydrogen (secondary N) is 4. The van der Waals surface area contributed by atoms with E-state index >= 15 is 0 Å². The number of carboxylic acids is 1. The van der Waals surface area contributed by atoms with Crippen molar-refractivity contribution in [1.29, 1.82) is 0 Å². The standard InChI is InChI=1S/C22H34N6O9/c1-33-5-7-35-4-3-24-18(9-15-11-23-14-26-15)21(32)37-22-25-12-16(27-22)10-17(20(30)31)28-19(29)13-36-8-6-34-2/h11-12,14,17-18,24H,3-10,13H2,1-2H3,(H,23,26)(H,25,27)(H,28,29)(H,30,31)/t17-,18-/m0/s1. The van der Waals surface area contributed by atoms with E-state index in [1.54, 1.807) is 13.3 Å². The van der Waals surface area contributed by atoms with Crippen LogP contribution in [0, 0.1) is 0 Å². The van der Waals surface area contributed by atoms with Crippen LogP contribution >= 0.6 is 0 Å². The first-order chi connectivity index (χ1) is 17.9. The van der Waals surface area contributed by atoms with Crippen LogP contribution in [-0.4, -0.2) is 115 Å². The first-order valence-electron chi connectivity index (χ1n) is 11.5. The fourth-order valence-electron chi connectivity index (χ4n) is 3.03. The van der Waals surface area contributed by atoms with Gasteiger partial charge in [0.05, 0.1) is 45.6 Å². The van der Waals surface area contributed by atoms with Crippen LogP contribution in [0.2, 0.25) is 0 Å². The van der Waals surface area contributed by atoms with E-state index in [-0.39, 0.29) is 32.1 Å². The molecule has 0 bridgehead atoms. The molecule has 2 heterocycles. The lowest BCUT2D eigenvalue weighted by molar-refractivity contribution is -0.142. The number of ether oxygens (including phenoxy) is 5. The monoisotopic (exact) mass is 526 g/mol. The van der Waals surface area contributed by atoms with Gasteiger partial charge in [0, 0.05) is 51.2 Å². The maximum Gasteiger partial charge on any atom is 0.331 e. The third kappa shape index (κ3) is 11.9. The highest BCUT2D eigenvalue weighted by Gasteiger charge is 2.24. The van der Waals surface area contributed by atoms with Crippen LogP contribution in [0.3, 0.4) is 0 Å². The van der Waals surface area contributed by atoms with Gasteiger partial charge >= 0.3 is 17.9 Å². The molecule has 1 amide bonds. The molecule has 0 aliphatic carbocycles. The lowest BCUT2D eigenvalue weighted by atomic mass is 10.1. The Morgan fingerprint density at radius 2 is 1.70 bits per heavy atom. The topological polar surface area (TPSA) is 199 Å². The molecule has 206 valence electrons. The molecule has 0 fully saturated rings. The van der Waals surface area contributed by atoms with Crippen molar-refractivity contribution in [2.75, 3.05) is 60.4 Å². The van der Waals surface area contributed by atoms with Crippen LogP contribution in [0.25, 0.3) is 0 Å². The van der Waals surface area contributed by atoms with E-state index in [0.717, 1.165) is 5.69 Å². The molecular weight excluding hydrogens is 492 g/mol. The van der Waals surface area contributed by atoms with Crippen molar-refractivity contribution < 1.29 is 43.2 Å². The first-order valence-corrected chi connectivity index (χ1v) is 11.5. The molecule has 0 saturated heterocycles. The van der Waals surface area contributed by atoms with Crippen LogP contribution in [0.5, 0.6) is 6.01 Å². The van der Waals surface area contributed by atoms with Crippen LogP contribution in [0.1, 0.15) is 11.4 Å². The smallest absolute Gasteiger partial charge is 0.331 e. The van der Waals surface area contributed by atoms with E-state index < -0.39 is 29.9 Å². The van der Waals surface area contributed by atoms with Gasteiger partial charge in [-0.1, -0.05) is 0 Å². The Hall–Kier alpha value is -3.37. The lowest BCUT2D eigenvalue weighted by Crippen LogP contribution is -2.44. The number of esters is 1. The summed E-state index contributed by atoms with van der Waals surface area (Å²) in [5, 5.41) is 14.9.